The van der Waals surface area contributed by atoms with Gasteiger partial charge in [-0.25, -0.2) is 9.37 Å². The second kappa shape index (κ2) is 3.08. The Morgan fingerprint density at radius 2 is 2.29 bits per heavy atom. The van der Waals surface area contributed by atoms with Crippen LogP contribution in [0.1, 0.15) is 26.2 Å². The minimum atomic E-state index is -0.452. The normalized spacial score (nSPS) is 18.7. The van der Waals surface area contributed by atoms with Crippen LogP contribution in [0.2, 0.25) is 0 Å². The molecule has 1 aromatic rings. The van der Waals surface area contributed by atoms with Gasteiger partial charge < -0.3 is 11.1 Å². The number of rotatable bonds is 2. The highest BCUT2D eigenvalue weighted by atomic mass is 19.1. The quantitative estimate of drug-likeness (QED) is 0.753. The largest absolute Gasteiger partial charge is 0.368 e. The molecule has 4 nitrogen and oxygen atoms in total. The number of hydrogen-bond acceptors (Lipinski definition) is 4. The lowest BCUT2D eigenvalue weighted by molar-refractivity contribution is 0.304. The zero-order chi connectivity index (χ0) is 10.2. The number of hydrogen-bond donors (Lipinski definition) is 2. The first-order valence-electron chi connectivity index (χ1n) is 4.65. The zero-order valence-electron chi connectivity index (χ0n) is 8.05. The molecule has 0 unspecified atom stereocenters. The fraction of sp³-hybridized carbons (Fsp3) is 0.556. The Labute approximate surface area is 81.7 Å². The highest BCUT2D eigenvalue weighted by molar-refractivity contribution is 5.42. The minimum Gasteiger partial charge on any atom is -0.368 e. The standard InChI is InChI=1S/C9H13FN4/c1-9(3-2-4-9)14-7-6(10)5-12-8(11)13-7/h5H,2-4H2,1H3,(H3,11,12,13,14). The second-order valence-corrected chi connectivity index (χ2v) is 3.96. The van der Waals surface area contributed by atoms with Gasteiger partial charge in [0.1, 0.15) is 0 Å². The van der Waals surface area contributed by atoms with E-state index in [0.29, 0.717) is 0 Å². The Balaban J connectivity index is 2.19. The van der Waals surface area contributed by atoms with Crippen LogP contribution in [-0.2, 0) is 0 Å². The van der Waals surface area contributed by atoms with E-state index in [9.17, 15) is 4.39 Å². The summed E-state index contributed by atoms with van der Waals surface area (Å²) in [4.78, 5) is 7.39. The molecule has 1 fully saturated rings. The van der Waals surface area contributed by atoms with Gasteiger partial charge in [0, 0.05) is 5.54 Å². The molecule has 1 aliphatic rings. The van der Waals surface area contributed by atoms with Crippen LogP contribution in [0.5, 0.6) is 0 Å². The molecule has 0 bridgehead atoms. The second-order valence-electron chi connectivity index (χ2n) is 3.96. The van der Waals surface area contributed by atoms with Crippen molar-refractivity contribution >= 4 is 11.8 Å². The Kier molecular flexibility index (Phi) is 2.02. The highest BCUT2D eigenvalue weighted by Gasteiger charge is 2.32. The number of nitrogen functional groups attached to an aromatic ring is 1. The smallest absolute Gasteiger partial charge is 0.222 e. The van der Waals surface area contributed by atoms with Gasteiger partial charge in [-0.1, -0.05) is 0 Å². The van der Waals surface area contributed by atoms with Gasteiger partial charge in [-0.3, -0.25) is 0 Å². The molecule has 3 N–H and O–H groups in total. The van der Waals surface area contributed by atoms with Crippen molar-refractivity contribution in [1.82, 2.24) is 9.97 Å². The average molecular weight is 196 g/mol. The Morgan fingerprint density at radius 1 is 1.57 bits per heavy atom. The van der Waals surface area contributed by atoms with E-state index in [-0.39, 0.29) is 17.3 Å². The Bertz CT molecular complexity index is 349. The maximum absolute atomic E-state index is 13.2. The van der Waals surface area contributed by atoms with Gasteiger partial charge in [-0.05, 0) is 26.2 Å². The molecule has 0 saturated heterocycles. The summed E-state index contributed by atoms with van der Waals surface area (Å²) < 4.78 is 13.2. The first kappa shape index (κ1) is 9.18. The maximum atomic E-state index is 13.2. The Hall–Kier alpha value is -1.39. The molecule has 14 heavy (non-hydrogen) atoms. The van der Waals surface area contributed by atoms with Crippen LogP contribution in [0.4, 0.5) is 16.2 Å². The Morgan fingerprint density at radius 3 is 2.86 bits per heavy atom. The number of nitrogens with zero attached hydrogens (tertiary/aromatic N) is 2. The molecule has 1 saturated carbocycles. The molecule has 0 radical (unpaired) electrons. The van der Waals surface area contributed by atoms with Gasteiger partial charge in [-0.2, -0.15) is 4.98 Å². The van der Waals surface area contributed by atoms with Crippen LogP contribution < -0.4 is 11.1 Å². The van der Waals surface area contributed by atoms with Crippen LogP contribution in [-0.4, -0.2) is 15.5 Å². The van der Waals surface area contributed by atoms with Gasteiger partial charge in [0.15, 0.2) is 11.6 Å². The number of anilines is 2. The molecule has 1 aromatic heterocycles. The average Bonchev–Trinajstić information content (AvgIpc) is 2.09. The lowest BCUT2D eigenvalue weighted by atomic mass is 9.78. The van der Waals surface area contributed by atoms with E-state index in [1.807, 2.05) is 6.92 Å². The van der Waals surface area contributed by atoms with E-state index in [4.69, 9.17) is 5.73 Å². The van der Waals surface area contributed by atoms with Gasteiger partial charge in [0.05, 0.1) is 6.20 Å². The monoisotopic (exact) mass is 196 g/mol. The predicted molar refractivity (Wildman–Crippen MR) is 52.3 cm³/mol. The maximum Gasteiger partial charge on any atom is 0.222 e. The van der Waals surface area contributed by atoms with Crippen molar-refractivity contribution in [3.05, 3.63) is 12.0 Å². The van der Waals surface area contributed by atoms with Crippen molar-refractivity contribution in [1.29, 1.82) is 0 Å². The number of halogens is 1. The van der Waals surface area contributed by atoms with E-state index in [1.54, 1.807) is 0 Å². The lowest BCUT2D eigenvalue weighted by Crippen LogP contribution is -2.42. The lowest BCUT2D eigenvalue weighted by Gasteiger charge is -2.39. The molecule has 2 rings (SSSR count). The summed E-state index contributed by atoms with van der Waals surface area (Å²) in [6.07, 6.45) is 4.34. The summed E-state index contributed by atoms with van der Waals surface area (Å²) >= 11 is 0. The van der Waals surface area contributed by atoms with Crippen molar-refractivity contribution < 1.29 is 4.39 Å². The van der Waals surface area contributed by atoms with E-state index in [0.717, 1.165) is 19.0 Å². The SMILES string of the molecule is CC1(Nc2nc(N)ncc2F)CCC1. The van der Waals surface area contributed by atoms with Crippen LogP contribution in [0.25, 0.3) is 0 Å². The molecule has 0 spiro atoms. The molecule has 0 aliphatic heterocycles. The van der Waals surface area contributed by atoms with Crippen molar-refractivity contribution in [2.45, 2.75) is 31.7 Å². The number of aromatic nitrogens is 2. The van der Waals surface area contributed by atoms with E-state index >= 15 is 0 Å². The van der Waals surface area contributed by atoms with E-state index < -0.39 is 5.82 Å². The highest BCUT2D eigenvalue weighted by Crippen LogP contribution is 2.34. The summed E-state index contributed by atoms with van der Waals surface area (Å²) in [6, 6.07) is 0. The fourth-order valence-electron chi connectivity index (χ4n) is 1.59. The van der Waals surface area contributed by atoms with E-state index in [2.05, 4.69) is 15.3 Å². The summed E-state index contributed by atoms with van der Waals surface area (Å²) in [5.74, 6) is -0.149. The molecule has 76 valence electrons. The molecule has 0 amide bonds. The summed E-state index contributed by atoms with van der Waals surface area (Å²) in [6.45, 7) is 2.05. The summed E-state index contributed by atoms with van der Waals surface area (Å²) in [7, 11) is 0. The van der Waals surface area contributed by atoms with Crippen LogP contribution in [0.15, 0.2) is 6.20 Å². The zero-order valence-corrected chi connectivity index (χ0v) is 8.05. The van der Waals surface area contributed by atoms with Crippen LogP contribution >= 0.6 is 0 Å². The first-order valence-corrected chi connectivity index (χ1v) is 4.65. The summed E-state index contributed by atoms with van der Waals surface area (Å²) in [5.41, 5.74) is 5.35. The van der Waals surface area contributed by atoms with Crippen molar-refractivity contribution in [2.24, 2.45) is 0 Å². The topological polar surface area (TPSA) is 63.8 Å². The first-order chi connectivity index (χ1) is 6.59. The third-order valence-corrected chi connectivity index (χ3v) is 2.64. The van der Waals surface area contributed by atoms with Crippen molar-refractivity contribution in [3.63, 3.8) is 0 Å². The molecule has 0 aromatic carbocycles. The molecular formula is C9H13FN4. The van der Waals surface area contributed by atoms with E-state index in [1.165, 1.54) is 6.42 Å². The molecule has 5 heteroatoms. The van der Waals surface area contributed by atoms with Crippen LogP contribution in [0.3, 0.4) is 0 Å². The minimum absolute atomic E-state index is 0.0262. The third-order valence-electron chi connectivity index (χ3n) is 2.64. The van der Waals surface area contributed by atoms with Gasteiger partial charge in [0.25, 0.3) is 0 Å². The molecular weight excluding hydrogens is 183 g/mol. The van der Waals surface area contributed by atoms with Crippen molar-refractivity contribution in [2.75, 3.05) is 11.1 Å². The molecule has 0 atom stereocenters. The van der Waals surface area contributed by atoms with Gasteiger partial charge >= 0.3 is 0 Å². The van der Waals surface area contributed by atoms with Gasteiger partial charge in [0.2, 0.25) is 5.95 Å². The fourth-order valence-corrected chi connectivity index (χ4v) is 1.59. The number of nitrogens with two attached hydrogens (primary N) is 1. The molecule has 1 aliphatic carbocycles. The van der Waals surface area contributed by atoms with Crippen LogP contribution in [0, 0.1) is 5.82 Å². The van der Waals surface area contributed by atoms with Gasteiger partial charge in [-0.15, -0.1) is 0 Å². The number of nitrogens with one attached hydrogen (secondary N) is 1. The molecule has 1 heterocycles. The summed E-state index contributed by atoms with van der Waals surface area (Å²) in [5, 5.41) is 3.06. The third kappa shape index (κ3) is 1.62. The van der Waals surface area contributed by atoms with Crippen molar-refractivity contribution in [3.8, 4) is 0 Å². The predicted octanol–water partition coefficient (Wildman–Crippen LogP) is 1.55.